The van der Waals surface area contributed by atoms with Crippen LogP contribution >= 0.6 is 23.4 Å². The molecular formula is C23H23ClN2O5S. The first-order valence-electron chi connectivity index (χ1n) is 9.99. The normalized spacial score (nSPS) is 16.0. The Morgan fingerprint density at radius 3 is 2.69 bits per heavy atom. The predicted octanol–water partition coefficient (Wildman–Crippen LogP) is 5.36. The topological polar surface area (TPSA) is 97.2 Å². The highest BCUT2D eigenvalue weighted by molar-refractivity contribution is 8.18. The molecule has 32 heavy (non-hydrogen) atoms. The molecule has 0 atom stereocenters. The van der Waals surface area contributed by atoms with Crippen molar-refractivity contribution >= 4 is 52.2 Å². The highest BCUT2D eigenvalue weighted by Crippen LogP contribution is 2.33. The third-order valence-electron chi connectivity index (χ3n) is 4.20. The summed E-state index contributed by atoms with van der Waals surface area (Å²) >= 11 is 7.06. The third kappa shape index (κ3) is 6.05. The maximum absolute atomic E-state index is 12.4. The van der Waals surface area contributed by atoms with Crippen molar-refractivity contribution in [3.8, 4) is 11.5 Å². The first kappa shape index (κ1) is 23.7. The van der Waals surface area contributed by atoms with Gasteiger partial charge in [0.25, 0.3) is 5.91 Å². The number of aromatic carboxylic acids is 1. The number of nitrogens with one attached hydrogen (secondary N) is 1. The van der Waals surface area contributed by atoms with E-state index in [1.165, 1.54) is 12.1 Å². The van der Waals surface area contributed by atoms with Gasteiger partial charge in [-0.15, -0.1) is 0 Å². The summed E-state index contributed by atoms with van der Waals surface area (Å²) in [6.45, 7) is 7.10. The molecule has 1 amide bonds. The minimum Gasteiger partial charge on any atom is -0.490 e. The molecule has 7 nitrogen and oxygen atoms in total. The minimum atomic E-state index is -1.15. The zero-order chi connectivity index (χ0) is 23.3. The van der Waals surface area contributed by atoms with Crippen molar-refractivity contribution < 1.29 is 24.2 Å². The second kappa shape index (κ2) is 10.6. The second-order valence-corrected chi connectivity index (χ2v) is 8.73. The Morgan fingerprint density at radius 2 is 2.00 bits per heavy atom. The zero-order valence-electron chi connectivity index (χ0n) is 17.8. The average molecular weight is 475 g/mol. The van der Waals surface area contributed by atoms with Gasteiger partial charge >= 0.3 is 5.97 Å². The van der Waals surface area contributed by atoms with Crippen molar-refractivity contribution in [1.29, 1.82) is 0 Å². The number of rotatable bonds is 8. The van der Waals surface area contributed by atoms with Crippen molar-refractivity contribution in [2.24, 2.45) is 10.9 Å². The van der Waals surface area contributed by atoms with E-state index in [4.69, 9.17) is 21.1 Å². The van der Waals surface area contributed by atoms with Gasteiger partial charge in [0.05, 0.1) is 34.4 Å². The standard InChI is InChI=1S/C23H23ClN2O5S/c1-4-30-19-9-14(5-8-18(19)31-12-13(2)3)10-20-21(27)26-23(32-20)25-15-6-7-17(24)16(11-15)22(28)29/h5-11,13H,4,12H2,1-3H3,(H,28,29)(H,25,26,27)/b20-10-. The lowest BCUT2D eigenvalue weighted by molar-refractivity contribution is -0.115. The van der Waals surface area contributed by atoms with Crippen molar-refractivity contribution in [1.82, 2.24) is 5.32 Å². The number of carbonyl (C=O) groups excluding carboxylic acids is 1. The van der Waals surface area contributed by atoms with Gasteiger partial charge in [-0.25, -0.2) is 9.79 Å². The van der Waals surface area contributed by atoms with Crippen LogP contribution in [-0.2, 0) is 4.79 Å². The molecule has 0 aliphatic carbocycles. The van der Waals surface area contributed by atoms with Crippen LogP contribution in [0.2, 0.25) is 5.02 Å². The lowest BCUT2D eigenvalue weighted by atomic mass is 10.2. The Labute approximate surface area is 195 Å². The SMILES string of the molecule is CCOc1cc(/C=C2\SC(=Nc3ccc(Cl)c(C(=O)O)c3)NC2=O)ccc1OCC(C)C. The number of benzene rings is 2. The predicted molar refractivity (Wildman–Crippen MR) is 127 cm³/mol. The van der Waals surface area contributed by atoms with Crippen molar-refractivity contribution in [2.45, 2.75) is 20.8 Å². The Morgan fingerprint density at radius 1 is 1.22 bits per heavy atom. The zero-order valence-corrected chi connectivity index (χ0v) is 19.4. The Hall–Kier alpha value is -2.97. The molecule has 0 spiro atoms. The fourth-order valence-electron chi connectivity index (χ4n) is 2.75. The molecule has 3 rings (SSSR count). The summed E-state index contributed by atoms with van der Waals surface area (Å²) in [6.07, 6.45) is 1.74. The average Bonchev–Trinajstić information content (AvgIpc) is 3.07. The molecule has 0 bridgehead atoms. The molecule has 0 unspecified atom stereocenters. The molecule has 1 fully saturated rings. The van der Waals surface area contributed by atoms with E-state index in [0.717, 1.165) is 17.3 Å². The van der Waals surface area contributed by atoms with Gasteiger partial charge in [-0.2, -0.15) is 0 Å². The van der Waals surface area contributed by atoms with E-state index in [1.54, 1.807) is 12.1 Å². The van der Waals surface area contributed by atoms with Gasteiger partial charge < -0.3 is 19.9 Å². The summed E-state index contributed by atoms with van der Waals surface area (Å²) < 4.78 is 11.5. The van der Waals surface area contributed by atoms with Gasteiger partial charge in [-0.05, 0) is 66.6 Å². The number of halogens is 1. The van der Waals surface area contributed by atoms with Crippen LogP contribution in [-0.4, -0.2) is 35.4 Å². The summed E-state index contributed by atoms with van der Waals surface area (Å²) in [7, 11) is 0. The molecule has 0 aromatic heterocycles. The van der Waals surface area contributed by atoms with Crippen LogP contribution in [0.5, 0.6) is 11.5 Å². The second-order valence-electron chi connectivity index (χ2n) is 7.30. The quantitative estimate of drug-likeness (QED) is 0.499. The molecule has 1 heterocycles. The van der Waals surface area contributed by atoms with Gasteiger partial charge in [0.2, 0.25) is 0 Å². The third-order valence-corrected chi connectivity index (χ3v) is 5.44. The molecule has 0 radical (unpaired) electrons. The molecular weight excluding hydrogens is 452 g/mol. The van der Waals surface area contributed by atoms with E-state index < -0.39 is 5.97 Å². The van der Waals surface area contributed by atoms with E-state index in [0.29, 0.717) is 46.4 Å². The number of amidine groups is 1. The Bertz CT molecular complexity index is 1100. The van der Waals surface area contributed by atoms with E-state index in [2.05, 4.69) is 24.2 Å². The van der Waals surface area contributed by atoms with E-state index in [-0.39, 0.29) is 16.5 Å². The number of carboxylic acids is 1. The fraction of sp³-hybridized carbons (Fsp3) is 0.261. The molecule has 1 aliphatic rings. The van der Waals surface area contributed by atoms with Gasteiger partial charge in [0, 0.05) is 0 Å². The lowest BCUT2D eigenvalue weighted by Crippen LogP contribution is -2.19. The number of amides is 1. The Balaban J connectivity index is 1.82. The summed E-state index contributed by atoms with van der Waals surface area (Å²) in [5.74, 6) is 0.216. The van der Waals surface area contributed by atoms with Crippen molar-refractivity contribution in [3.05, 3.63) is 57.5 Å². The number of carboxylic acid groups (broad SMARTS) is 1. The van der Waals surface area contributed by atoms with Crippen LogP contribution in [0.25, 0.3) is 6.08 Å². The van der Waals surface area contributed by atoms with Gasteiger partial charge in [0.15, 0.2) is 16.7 Å². The smallest absolute Gasteiger partial charge is 0.337 e. The molecule has 2 aromatic rings. The van der Waals surface area contributed by atoms with Crippen LogP contribution in [0.15, 0.2) is 46.3 Å². The van der Waals surface area contributed by atoms with E-state index in [9.17, 15) is 14.7 Å². The molecule has 2 aromatic carbocycles. The minimum absolute atomic E-state index is 0.0539. The van der Waals surface area contributed by atoms with Gasteiger partial charge in [0.1, 0.15) is 0 Å². The molecule has 0 saturated carbocycles. The summed E-state index contributed by atoms with van der Waals surface area (Å²) in [4.78, 5) is 28.4. The van der Waals surface area contributed by atoms with E-state index in [1.807, 2.05) is 25.1 Å². The monoisotopic (exact) mass is 474 g/mol. The van der Waals surface area contributed by atoms with Crippen molar-refractivity contribution in [2.75, 3.05) is 13.2 Å². The molecule has 2 N–H and O–H groups in total. The first-order chi connectivity index (χ1) is 15.3. The number of hydrogen-bond donors (Lipinski definition) is 2. The van der Waals surface area contributed by atoms with Gasteiger partial charge in [-0.1, -0.05) is 31.5 Å². The first-order valence-corrected chi connectivity index (χ1v) is 11.2. The van der Waals surface area contributed by atoms with Crippen LogP contribution in [0, 0.1) is 5.92 Å². The fourth-order valence-corrected chi connectivity index (χ4v) is 3.79. The Kier molecular flexibility index (Phi) is 7.82. The molecule has 1 aliphatic heterocycles. The van der Waals surface area contributed by atoms with Crippen LogP contribution in [0.3, 0.4) is 0 Å². The van der Waals surface area contributed by atoms with Crippen LogP contribution in [0.4, 0.5) is 5.69 Å². The van der Waals surface area contributed by atoms with Crippen molar-refractivity contribution in [3.63, 3.8) is 0 Å². The van der Waals surface area contributed by atoms with Gasteiger partial charge in [-0.3, -0.25) is 4.79 Å². The maximum Gasteiger partial charge on any atom is 0.337 e. The number of thioether (sulfide) groups is 1. The number of aliphatic imine (C=N–C) groups is 1. The number of nitrogens with zero attached hydrogens (tertiary/aromatic N) is 1. The lowest BCUT2D eigenvalue weighted by Gasteiger charge is -2.14. The number of ether oxygens (including phenoxy) is 2. The largest absolute Gasteiger partial charge is 0.490 e. The van der Waals surface area contributed by atoms with Crippen LogP contribution in [0.1, 0.15) is 36.7 Å². The summed E-state index contributed by atoms with van der Waals surface area (Å²) in [5.41, 5.74) is 1.10. The summed E-state index contributed by atoms with van der Waals surface area (Å²) in [5, 5.41) is 12.4. The highest BCUT2D eigenvalue weighted by Gasteiger charge is 2.24. The number of carbonyl (C=O) groups is 2. The molecule has 9 heteroatoms. The number of hydrogen-bond acceptors (Lipinski definition) is 6. The van der Waals surface area contributed by atoms with E-state index >= 15 is 0 Å². The summed E-state index contributed by atoms with van der Waals surface area (Å²) in [6, 6.07) is 9.91. The molecule has 168 valence electrons. The van der Waals surface area contributed by atoms with Crippen LogP contribution < -0.4 is 14.8 Å². The maximum atomic E-state index is 12.4. The highest BCUT2D eigenvalue weighted by atomic mass is 35.5. The molecule has 1 saturated heterocycles.